The van der Waals surface area contributed by atoms with E-state index in [0.717, 1.165) is 0 Å². The zero-order valence-corrected chi connectivity index (χ0v) is 8.17. The molecule has 0 spiro atoms. The first kappa shape index (κ1) is 10.4. The maximum atomic E-state index is 8.85. The van der Waals surface area contributed by atoms with E-state index < -0.39 is 10.3 Å². The molecule has 0 heterocycles. The molecule has 0 atom stereocenters. The van der Waals surface area contributed by atoms with Crippen LogP contribution in [0, 0.1) is 0 Å². The van der Waals surface area contributed by atoms with Crippen molar-refractivity contribution < 1.29 is 13.0 Å². The van der Waals surface area contributed by atoms with Crippen LogP contribution in [0.2, 0.25) is 0 Å². The Morgan fingerprint density at radius 2 is 1.50 bits per heavy atom. The van der Waals surface area contributed by atoms with Gasteiger partial charge in [-0.3, -0.25) is 0 Å². The molecule has 0 aromatic heterocycles. The molecule has 2 N–H and O–H groups in total. The molecule has 0 aromatic carbocycles. The summed E-state index contributed by atoms with van der Waals surface area (Å²) in [5.41, 5.74) is 0. The van der Waals surface area contributed by atoms with Crippen LogP contribution in [0.5, 0.6) is 0 Å². The normalized spacial score (nSPS) is 9.67. The maximum Gasteiger partial charge on any atom is 2.00 e. The van der Waals surface area contributed by atoms with E-state index in [-0.39, 0.29) is 48.9 Å². The summed E-state index contributed by atoms with van der Waals surface area (Å²) in [5.74, 6) is 0. The Balaban J connectivity index is 0. The number of hydrogen-bond donors (Lipinski definition) is 1. The van der Waals surface area contributed by atoms with Gasteiger partial charge in [-0.1, -0.05) is 0 Å². The summed E-state index contributed by atoms with van der Waals surface area (Å²) in [6.45, 7) is 0. The van der Waals surface area contributed by atoms with E-state index in [9.17, 15) is 0 Å². The van der Waals surface area contributed by atoms with Gasteiger partial charge in [0.2, 0.25) is 0 Å². The van der Waals surface area contributed by atoms with Crippen LogP contribution in [0.25, 0.3) is 0 Å². The molecule has 6 heteroatoms. The Kier molecular flexibility index (Phi) is 5.99. The Hall–Kier alpha value is 1.44. The second-order valence-electron chi connectivity index (χ2n) is 0.493. The van der Waals surface area contributed by atoms with Gasteiger partial charge in [-0.15, -0.1) is 0 Å². The second kappa shape index (κ2) is 3.44. The van der Waals surface area contributed by atoms with E-state index in [0.29, 0.717) is 0 Å². The molecule has 6 heavy (non-hydrogen) atoms. The third kappa shape index (κ3) is 51.7. The van der Waals surface area contributed by atoms with Crippen LogP contribution in [-0.2, 0) is 10.3 Å². The van der Waals surface area contributed by atoms with Crippen molar-refractivity contribution >= 4 is 59.2 Å². The monoisotopic (exact) mass is 234 g/mol. The molecule has 0 aliphatic carbocycles. The minimum Gasteiger partial charge on any atom is -0.736 e. The minimum atomic E-state index is -4.42. The fourth-order valence-corrected chi connectivity index (χ4v) is 0. The van der Waals surface area contributed by atoms with Crippen molar-refractivity contribution in [2.45, 2.75) is 0 Å². The van der Waals surface area contributed by atoms with Gasteiger partial charge in [0, 0.05) is 0 Å². The molecule has 0 aliphatic heterocycles. The molecule has 0 fully saturated rings. The van der Waals surface area contributed by atoms with Crippen LogP contribution >= 0.6 is 0 Å². The first-order valence-corrected chi connectivity index (χ1v) is 2.21. The maximum absolute atomic E-state index is 8.85. The zero-order valence-electron chi connectivity index (χ0n) is 2.92. The fourth-order valence-electron chi connectivity index (χ4n) is 0. The molecular formula is H2BaNO3S+. The van der Waals surface area contributed by atoms with E-state index in [1.54, 1.807) is 0 Å². The van der Waals surface area contributed by atoms with E-state index in [1.807, 2.05) is 0 Å². The SMILES string of the molecule is NS(=O)(=O)[O-].[Ba+2]. The van der Waals surface area contributed by atoms with Crippen molar-refractivity contribution in [1.82, 2.24) is 0 Å². The molecule has 0 rings (SSSR count). The fraction of sp³-hybridized carbons (Fsp3) is 0. The molecule has 0 saturated heterocycles. The molecule has 0 aliphatic rings. The van der Waals surface area contributed by atoms with Gasteiger partial charge in [-0.05, 0) is 0 Å². The quantitative estimate of drug-likeness (QED) is 0.389. The Morgan fingerprint density at radius 1 is 1.50 bits per heavy atom. The van der Waals surface area contributed by atoms with Crippen LogP contribution < -0.4 is 5.14 Å². The van der Waals surface area contributed by atoms with E-state index in [4.69, 9.17) is 13.0 Å². The van der Waals surface area contributed by atoms with E-state index in [2.05, 4.69) is 5.14 Å². The average Bonchev–Trinajstić information content (AvgIpc) is 0.722. The van der Waals surface area contributed by atoms with Crippen LogP contribution in [0.4, 0.5) is 0 Å². The third-order valence-electron chi connectivity index (χ3n) is 0. The number of nitrogens with two attached hydrogens (primary N) is 1. The smallest absolute Gasteiger partial charge is 0.736 e. The number of hydrogen-bond acceptors (Lipinski definition) is 3. The van der Waals surface area contributed by atoms with Crippen molar-refractivity contribution in [3.05, 3.63) is 0 Å². The van der Waals surface area contributed by atoms with Gasteiger partial charge in [0.1, 0.15) is 0 Å². The first-order valence-electron chi connectivity index (χ1n) is 0.736. The second-order valence-corrected chi connectivity index (χ2v) is 1.48. The molecule has 4 nitrogen and oxygen atoms in total. The molecule has 0 aromatic rings. The van der Waals surface area contributed by atoms with Crippen molar-refractivity contribution in [2.24, 2.45) is 5.14 Å². The molecule has 0 saturated carbocycles. The molecule has 0 amide bonds. The van der Waals surface area contributed by atoms with Crippen molar-refractivity contribution in [3.63, 3.8) is 0 Å². The molecule has 32 valence electrons. The Bertz CT molecular complexity index is 94.0. The first-order chi connectivity index (χ1) is 2.00. The van der Waals surface area contributed by atoms with Gasteiger partial charge >= 0.3 is 48.9 Å². The molecular weight excluding hydrogens is 231 g/mol. The van der Waals surface area contributed by atoms with Crippen LogP contribution in [0.15, 0.2) is 0 Å². The van der Waals surface area contributed by atoms with Crippen LogP contribution in [0.1, 0.15) is 0 Å². The minimum absolute atomic E-state index is 0. The van der Waals surface area contributed by atoms with E-state index in [1.165, 1.54) is 0 Å². The van der Waals surface area contributed by atoms with Gasteiger partial charge < -0.3 is 4.55 Å². The van der Waals surface area contributed by atoms with Gasteiger partial charge in [0.15, 0.2) is 10.3 Å². The summed E-state index contributed by atoms with van der Waals surface area (Å²) in [7, 11) is -4.42. The van der Waals surface area contributed by atoms with Gasteiger partial charge in [-0.25, -0.2) is 13.6 Å². The largest absolute Gasteiger partial charge is 2.00 e. The third-order valence-corrected chi connectivity index (χ3v) is 0. The predicted octanol–water partition coefficient (Wildman–Crippen LogP) is -1.98. The Labute approximate surface area is 76.1 Å². The summed E-state index contributed by atoms with van der Waals surface area (Å²) < 4.78 is 26.6. The summed E-state index contributed by atoms with van der Waals surface area (Å²) >= 11 is 0. The van der Waals surface area contributed by atoms with Crippen LogP contribution in [-0.4, -0.2) is 61.9 Å². The molecule has 0 unspecified atom stereocenters. The predicted molar refractivity (Wildman–Crippen MR) is 19.6 cm³/mol. The summed E-state index contributed by atoms with van der Waals surface area (Å²) in [6, 6.07) is 0. The topological polar surface area (TPSA) is 83.2 Å². The summed E-state index contributed by atoms with van der Waals surface area (Å²) in [4.78, 5) is 0. The molecule has 0 bridgehead atoms. The average molecular weight is 233 g/mol. The van der Waals surface area contributed by atoms with Gasteiger partial charge in [0.05, 0.1) is 0 Å². The van der Waals surface area contributed by atoms with Gasteiger partial charge in [-0.2, -0.15) is 0 Å². The van der Waals surface area contributed by atoms with Crippen LogP contribution in [0.3, 0.4) is 0 Å². The van der Waals surface area contributed by atoms with Gasteiger partial charge in [0.25, 0.3) is 0 Å². The summed E-state index contributed by atoms with van der Waals surface area (Å²) in [5, 5.41) is 3.77. The van der Waals surface area contributed by atoms with Crippen molar-refractivity contribution in [2.75, 3.05) is 0 Å². The van der Waals surface area contributed by atoms with Crippen molar-refractivity contribution in [1.29, 1.82) is 0 Å². The van der Waals surface area contributed by atoms with Crippen molar-refractivity contribution in [3.8, 4) is 0 Å². The van der Waals surface area contributed by atoms with E-state index >= 15 is 0 Å². The zero-order chi connectivity index (χ0) is 4.50. The Morgan fingerprint density at radius 3 is 1.50 bits per heavy atom. The standard InChI is InChI=1S/Ba.H3NO3S/c;1-5(2,3)4/h;(H3,1,2,3,4)/q+2;/p-1. The molecule has 0 radical (unpaired) electrons. The summed E-state index contributed by atoms with van der Waals surface area (Å²) in [6.07, 6.45) is 0. The number of rotatable bonds is 0.